The van der Waals surface area contributed by atoms with Crippen molar-refractivity contribution in [1.82, 2.24) is 0 Å². The van der Waals surface area contributed by atoms with Crippen molar-refractivity contribution >= 4 is 11.9 Å². The summed E-state index contributed by atoms with van der Waals surface area (Å²) < 4.78 is 9.74. The van der Waals surface area contributed by atoms with Gasteiger partial charge in [-0.25, -0.2) is 0 Å². The zero-order chi connectivity index (χ0) is 18.8. The van der Waals surface area contributed by atoms with Crippen LogP contribution in [0.1, 0.15) is 72.1 Å². The van der Waals surface area contributed by atoms with Crippen molar-refractivity contribution in [2.75, 3.05) is 14.2 Å². The third-order valence-electron chi connectivity index (χ3n) is 5.31. The fourth-order valence-corrected chi connectivity index (χ4v) is 3.68. The standard InChI is InChI=1S/C21H36O4/c1-15(2)8-6-9-16(3)10-7-11-17-12-13-18(20(22)24-4)19(14-17)21(23)25-5/h12,15-16,18-19H,6-11,13-14H2,1-5H3. The average molecular weight is 353 g/mol. The summed E-state index contributed by atoms with van der Waals surface area (Å²) in [5.74, 6) is 0.115. The molecule has 0 aromatic carbocycles. The van der Waals surface area contributed by atoms with Gasteiger partial charge in [-0.3, -0.25) is 9.59 Å². The summed E-state index contributed by atoms with van der Waals surface area (Å²) in [6.45, 7) is 6.89. The Hall–Kier alpha value is -1.32. The van der Waals surface area contributed by atoms with Crippen LogP contribution in [-0.2, 0) is 19.1 Å². The molecule has 0 saturated carbocycles. The minimum atomic E-state index is -0.406. The molecule has 0 spiro atoms. The lowest BCUT2D eigenvalue weighted by atomic mass is 9.78. The zero-order valence-corrected chi connectivity index (χ0v) is 16.7. The van der Waals surface area contributed by atoms with E-state index in [1.165, 1.54) is 45.5 Å². The Morgan fingerprint density at radius 3 is 2.20 bits per heavy atom. The molecule has 0 aliphatic heterocycles. The van der Waals surface area contributed by atoms with Crippen molar-refractivity contribution in [1.29, 1.82) is 0 Å². The topological polar surface area (TPSA) is 52.6 Å². The van der Waals surface area contributed by atoms with Gasteiger partial charge in [0.25, 0.3) is 0 Å². The highest BCUT2D eigenvalue weighted by Crippen LogP contribution is 2.34. The van der Waals surface area contributed by atoms with Gasteiger partial charge in [-0.2, -0.15) is 0 Å². The molecule has 3 atom stereocenters. The Labute approximate surface area is 153 Å². The lowest BCUT2D eigenvalue weighted by Gasteiger charge is -2.27. The molecular formula is C21H36O4. The number of carbonyl (C=O) groups excluding carboxylic acids is 2. The number of esters is 2. The van der Waals surface area contributed by atoms with Crippen LogP contribution in [0.2, 0.25) is 0 Å². The summed E-state index contributed by atoms with van der Waals surface area (Å²) in [6.07, 6.45) is 10.6. The predicted octanol–water partition coefficient (Wildman–Crippen LogP) is 4.92. The average Bonchev–Trinajstić information content (AvgIpc) is 2.59. The van der Waals surface area contributed by atoms with Crippen molar-refractivity contribution in [2.24, 2.45) is 23.7 Å². The molecule has 0 aromatic rings. The zero-order valence-electron chi connectivity index (χ0n) is 16.7. The van der Waals surface area contributed by atoms with Gasteiger partial charge in [0.05, 0.1) is 26.1 Å². The minimum absolute atomic E-state index is 0.303. The summed E-state index contributed by atoms with van der Waals surface area (Å²) in [5, 5.41) is 0. The van der Waals surface area contributed by atoms with Crippen molar-refractivity contribution in [3.8, 4) is 0 Å². The number of allylic oxidation sites excluding steroid dienone is 2. The van der Waals surface area contributed by atoms with Crippen LogP contribution in [0.5, 0.6) is 0 Å². The van der Waals surface area contributed by atoms with Gasteiger partial charge in [0.2, 0.25) is 0 Å². The summed E-state index contributed by atoms with van der Waals surface area (Å²) >= 11 is 0. The fraction of sp³-hybridized carbons (Fsp3) is 0.810. The van der Waals surface area contributed by atoms with Crippen LogP contribution in [0, 0.1) is 23.7 Å². The van der Waals surface area contributed by atoms with Gasteiger partial charge in [0.15, 0.2) is 0 Å². The van der Waals surface area contributed by atoms with Gasteiger partial charge in [-0.1, -0.05) is 58.1 Å². The normalized spacial score (nSPS) is 21.6. The number of rotatable bonds is 10. The van der Waals surface area contributed by atoms with E-state index in [1.807, 2.05) is 0 Å². The first-order valence-electron chi connectivity index (χ1n) is 9.72. The maximum atomic E-state index is 12.0. The van der Waals surface area contributed by atoms with E-state index >= 15 is 0 Å². The van der Waals surface area contributed by atoms with E-state index in [2.05, 4.69) is 26.8 Å². The van der Waals surface area contributed by atoms with Crippen LogP contribution >= 0.6 is 0 Å². The quantitative estimate of drug-likeness (QED) is 0.414. The minimum Gasteiger partial charge on any atom is -0.469 e. The lowest BCUT2D eigenvalue weighted by molar-refractivity contribution is -0.157. The Kier molecular flexibility index (Phi) is 9.84. The molecule has 0 aromatic heterocycles. The molecule has 0 fully saturated rings. The molecule has 4 nitrogen and oxygen atoms in total. The van der Waals surface area contributed by atoms with Crippen LogP contribution in [-0.4, -0.2) is 26.2 Å². The third-order valence-corrected chi connectivity index (χ3v) is 5.31. The Morgan fingerprint density at radius 1 is 1.00 bits per heavy atom. The molecule has 0 N–H and O–H groups in total. The van der Waals surface area contributed by atoms with E-state index < -0.39 is 11.8 Å². The first-order chi connectivity index (χ1) is 11.9. The molecule has 25 heavy (non-hydrogen) atoms. The molecule has 4 heteroatoms. The summed E-state index contributed by atoms with van der Waals surface area (Å²) in [7, 11) is 2.75. The Balaban J connectivity index is 2.45. The summed E-state index contributed by atoms with van der Waals surface area (Å²) in [4.78, 5) is 23.9. The highest BCUT2D eigenvalue weighted by Gasteiger charge is 2.37. The van der Waals surface area contributed by atoms with Crippen LogP contribution in [0.25, 0.3) is 0 Å². The van der Waals surface area contributed by atoms with Crippen molar-refractivity contribution in [2.45, 2.75) is 72.1 Å². The highest BCUT2D eigenvalue weighted by atomic mass is 16.5. The lowest BCUT2D eigenvalue weighted by Crippen LogP contribution is -2.34. The molecule has 0 radical (unpaired) electrons. The smallest absolute Gasteiger partial charge is 0.309 e. The van der Waals surface area contributed by atoms with Gasteiger partial charge in [-0.15, -0.1) is 0 Å². The van der Waals surface area contributed by atoms with Gasteiger partial charge in [-0.05, 0) is 37.5 Å². The first kappa shape index (κ1) is 21.7. The molecule has 0 bridgehead atoms. The van der Waals surface area contributed by atoms with E-state index in [9.17, 15) is 9.59 Å². The number of ether oxygens (including phenoxy) is 2. The van der Waals surface area contributed by atoms with Crippen LogP contribution < -0.4 is 0 Å². The molecule has 3 unspecified atom stereocenters. The Bertz CT molecular complexity index is 453. The van der Waals surface area contributed by atoms with E-state index in [1.54, 1.807) is 0 Å². The van der Waals surface area contributed by atoms with Crippen molar-refractivity contribution in [3.63, 3.8) is 0 Å². The van der Waals surface area contributed by atoms with E-state index in [0.29, 0.717) is 12.8 Å². The van der Waals surface area contributed by atoms with Crippen LogP contribution in [0.4, 0.5) is 0 Å². The number of carbonyl (C=O) groups is 2. The maximum absolute atomic E-state index is 12.0. The fourth-order valence-electron chi connectivity index (χ4n) is 3.68. The monoisotopic (exact) mass is 352 g/mol. The molecular weight excluding hydrogens is 316 g/mol. The number of hydrogen-bond donors (Lipinski definition) is 0. The second-order valence-electron chi connectivity index (χ2n) is 7.88. The van der Waals surface area contributed by atoms with Crippen molar-refractivity contribution in [3.05, 3.63) is 11.6 Å². The van der Waals surface area contributed by atoms with E-state index in [-0.39, 0.29) is 11.9 Å². The summed E-state index contributed by atoms with van der Waals surface area (Å²) in [5.41, 5.74) is 1.28. The second-order valence-corrected chi connectivity index (χ2v) is 7.88. The first-order valence-corrected chi connectivity index (χ1v) is 9.72. The number of hydrogen-bond acceptors (Lipinski definition) is 4. The molecule has 144 valence electrons. The molecule has 0 amide bonds. The maximum Gasteiger partial charge on any atom is 0.309 e. The highest BCUT2D eigenvalue weighted by molar-refractivity contribution is 5.82. The molecule has 1 aliphatic rings. The van der Waals surface area contributed by atoms with Crippen LogP contribution in [0.15, 0.2) is 11.6 Å². The summed E-state index contributed by atoms with van der Waals surface area (Å²) in [6, 6.07) is 0. The van der Waals surface area contributed by atoms with Gasteiger partial charge in [0.1, 0.15) is 0 Å². The predicted molar refractivity (Wildman–Crippen MR) is 100 cm³/mol. The van der Waals surface area contributed by atoms with Gasteiger partial charge >= 0.3 is 11.9 Å². The van der Waals surface area contributed by atoms with Crippen molar-refractivity contribution < 1.29 is 19.1 Å². The molecule has 0 saturated heterocycles. The largest absolute Gasteiger partial charge is 0.469 e. The third kappa shape index (κ3) is 7.62. The Morgan fingerprint density at radius 2 is 1.60 bits per heavy atom. The van der Waals surface area contributed by atoms with E-state index in [0.717, 1.165) is 24.7 Å². The number of methoxy groups -OCH3 is 2. The van der Waals surface area contributed by atoms with E-state index in [4.69, 9.17) is 9.47 Å². The SMILES string of the molecule is COC(=O)C1CC=C(CCCC(C)CCCC(C)C)CC1C(=O)OC. The second kappa shape index (κ2) is 11.3. The van der Waals surface area contributed by atoms with Gasteiger partial charge < -0.3 is 9.47 Å². The van der Waals surface area contributed by atoms with Gasteiger partial charge in [0, 0.05) is 0 Å². The molecule has 1 rings (SSSR count). The van der Waals surface area contributed by atoms with Crippen LogP contribution in [0.3, 0.4) is 0 Å². The molecule has 1 aliphatic carbocycles. The molecule has 0 heterocycles.